The number of hydrogen-bond acceptors (Lipinski definition) is 5. The van der Waals surface area contributed by atoms with Crippen molar-refractivity contribution in [1.29, 1.82) is 0 Å². The Morgan fingerprint density at radius 3 is 2.79 bits per heavy atom. The first kappa shape index (κ1) is 20.9. The molecule has 2 N–H and O–H groups in total. The third-order valence-electron chi connectivity index (χ3n) is 6.34. The number of aryl methyl sites for hydroxylation is 1. The minimum absolute atomic E-state index is 0.0707. The highest BCUT2D eigenvalue weighted by molar-refractivity contribution is 6.07. The van der Waals surface area contributed by atoms with Gasteiger partial charge in [0.25, 0.3) is 0 Å². The number of carbonyl (C=O) groups is 1. The average Bonchev–Trinajstić information content (AvgIpc) is 3.28. The number of anilines is 2. The van der Waals surface area contributed by atoms with Gasteiger partial charge in [-0.2, -0.15) is 0 Å². The fraction of sp³-hybridized carbons (Fsp3) is 0.240. The van der Waals surface area contributed by atoms with Crippen LogP contribution in [0.2, 0.25) is 0 Å². The van der Waals surface area contributed by atoms with Crippen LogP contribution in [0.25, 0.3) is 21.8 Å². The molecular formula is C25H23FN4O3. The summed E-state index contributed by atoms with van der Waals surface area (Å²) in [6, 6.07) is 13.3. The van der Waals surface area contributed by atoms with Crippen LogP contribution < -0.4 is 15.6 Å². The van der Waals surface area contributed by atoms with Crippen molar-refractivity contribution in [2.45, 2.75) is 18.9 Å². The van der Waals surface area contributed by atoms with Crippen LogP contribution in [0, 0.1) is 5.82 Å². The monoisotopic (exact) mass is 446 g/mol. The van der Waals surface area contributed by atoms with E-state index in [0.29, 0.717) is 23.1 Å². The number of carboxylic acids is 1. The van der Waals surface area contributed by atoms with E-state index >= 15 is 4.39 Å². The number of hydrogen-bond donors (Lipinski definition) is 2. The van der Waals surface area contributed by atoms with Gasteiger partial charge in [-0.05, 0) is 37.1 Å². The molecule has 7 nitrogen and oxygen atoms in total. The number of carboxylic acid groups (broad SMARTS) is 1. The lowest BCUT2D eigenvalue weighted by molar-refractivity contribution is 0.0695. The van der Waals surface area contributed by atoms with Crippen LogP contribution in [0.3, 0.4) is 0 Å². The molecule has 0 saturated carbocycles. The topological polar surface area (TPSA) is 87.5 Å². The summed E-state index contributed by atoms with van der Waals surface area (Å²) in [6.07, 6.45) is 4.58. The first-order chi connectivity index (χ1) is 16.0. The van der Waals surface area contributed by atoms with Gasteiger partial charge in [-0.15, -0.1) is 0 Å². The van der Waals surface area contributed by atoms with Crippen molar-refractivity contribution in [2.24, 2.45) is 7.05 Å². The Morgan fingerprint density at radius 2 is 2.03 bits per heavy atom. The molecule has 0 amide bonds. The molecule has 3 heterocycles. The number of fused-ring (bicyclic) bond motifs is 3. The third kappa shape index (κ3) is 3.57. The lowest BCUT2D eigenvalue weighted by Gasteiger charge is -2.28. The van der Waals surface area contributed by atoms with Crippen molar-refractivity contribution in [1.82, 2.24) is 9.55 Å². The van der Waals surface area contributed by atoms with Crippen molar-refractivity contribution in [3.05, 3.63) is 76.5 Å². The van der Waals surface area contributed by atoms with E-state index in [1.54, 1.807) is 19.2 Å². The normalized spacial score (nSPS) is 15.9. The first-order valence-corrected chi connectivity index (χ1v) is 10.8. The Morgan fingerprint density at radius 1 is 1.24 bits per heavy atom. The molecule has 1 aliphatic rings. The van der Waals surface area contributed by atoms with Gasteiger partial charge >= 0.3 is 5.97 Å². The van der Waals surface area contributed by atoms with E-state index in [2.05, 4.69) is 10.3 Å². The van der Waals surface area contributed by atoms with Crippen LogP contribution in [0.5, 0.6) is 0 Å². The third-order valence-corrected chi connectivity index (χ3v) is 6.34. The highest BCUT2D eigenvalue weighted by Gasteiger charge is 2.28. The predicted octanol–water partition coefficient (Wildman–Crippen LogP) is 4.00. The number of aromatic nitrogens is 2. The second kappa shape index (κ2) is 8.20. The molecule has 1 fully saturated rings. The summed E-state index contributed by atoms with van der Waals surface area (Å²) in [7, 11) is 1.64. The Labute approximate surface area is 189 Å². The van der Waals surface area contributed by atoms with Gasteiger partial charge in [0.1, 0.15) is 11.1 Å². The molecule has 1 unspecified atom stereocenters. The van der Waals surface area contributed by atoms with Crippen molar-refractivity contribution in [2.75, 3.05) is 23.3 Å². The largest absolute Gasteiger partial charge is 0.477 e. The van der Waals surface area contributed by atoms with Crippen LogP contribution in [-0.2, 0) is 7.05 Å². The molecule has 33 heavy (non-hydrogen) atoms. The van der Waals surface area contributed by atoms with Crippen molar-refractivity contribution in [3.8, 4) is 0 Å². The van der Waals surface area contributed by atoms with Gasteiger partial charge in [0.05, 0.1) is 22.8 Å². The molecule has 1 saturated heterocycles. The van der Waals surface area contributed by atoms with E-state index in [0.717, 1.165) is 25.1 Å². The zero-order valence-electron chi connectivity index (χ0n) is 18.1. The van der Waals surface area contributed by atoms with Gasteiger partial charge in [0.2, 0.25) is 5.43 Å². The Bertz CT molecular complexity index is 1440. The number of rotatable bonds is 5. The maximum absolute atomic E-state index is 15.7. The maximum atomic E-state index is 15.7. The quantitative estimate of drug-likeness (QED) is 0.451. The number of nitrogens with one attached hydrogen (secondary N) is 1. The molecule has 1 aliphatic heterocycles. The van der Waals surface area contributed by atoms with Crippen molar-refractivity contribution < 1.29 is 14.3 Å². The Balaban J connectivity index is 1.57. The molecule has 0 spiro atoms. The summed E-state index contributed by atoms with van der Waals surface area (Å²) in [5, 5.41) is 13.3. The van der Waals surface area contributed by atoms with Crippen molar-refractivity contribution >= 4 is 39.1 Å². The molecule has 1 atom stereocenters. The first-order valence-electron chi connectivity index (χ1n) is 10.8. The summed E-state index contributed by atoms with van der Waals surface area (Å²) in [6.45, 7) is 1.40. The SMILES string of the molecule is Cn1cc(C(=O)O)c(=O)c2c3ccc(N4CCCC4CNc4ccccc4)c(F)c3ncc21. The zero-order valence-corrected chi connectivity index (χ0v) is 18.1. The van der Waals surface area contributed by atoms with Gasteiger partial charge in [0.15, 0.2) is 5.82 Å². The molecule has 0 aliphatic carbocycles. The summed E-state index contributed by atoms with van der Waals surface area (Å²) in [4.78, 5) is 30.8. The molecule has 5 rings (SSSR count). The lowest BCUT2D eigenvalue weighted by atomic mass is 10.1. The summed E-state index contributed by atoms with van der Waals surface area (Å²) in [5.74, 6) is -1.81. The number of nitrogens with zero attached hydrogens (tertiary/aromatic N) is 3. The number of aromatic carboxylic acids is 1. The summed E-state index contributed by atoms with van der Waals surface area (Å²) >= 11 is 0. The number of pyridine rings is 2. The minimum Gasteiger partial charge on any atom is -0.477 e. The molecule has 8 heteroatoms. The molecule has 2 aromatic carbocycles. The molecule has 0 radical (unpaired) electrons. The Kier molecular flexibility index (Phi) is 5.20. The van der Waals surface area contributed by atoms with Crippen LogP contribution >= 0.6 is 0 Å². The summed E-state index contributed by atoms with van der Waals surface area (Å²) in [5.41, 5.74) is 0.992. The van der Waals surface area contributed by atoms with Gasteiger partial charge in [-0.25, -0.2) is 9.18 Å². The second-order valence-electron chi connectivity index (χ2n) is 8.34. The number of para-hydroxylation sites is 1. The summed E-state index contributed by atoms with van der Waals surface area (Å²) < 4.78 is 17.3. The zero-order chi connectivity index (χ0) is 23.1. The molecule has 0 bridgehead atoms. The number of benzene rings is 2. The van der Waals surface area contributed by atoms with Gasteiger partial charge < -0.3 is 19.9 Å². The second-order valence-corrected chi connectivity index (χ2v) is 8.34. The standard InChI is InChI=1S/C25H23FN4O3/c1-29-14-18(25(32)33)24(31)21-17-9-10-19(22(26)23(17)28-13-20(21)29)30-11-5-8-16(30)12-27-15-6-3-2-4-7-15/h2-4,6-7,9-10,13-14,16,27H,5,8,11-12H2,1H3,(H,32,33). The fourth-order valence-corrected chi connectivity index (χ4v) is 4.70. The minimum atomic E-state index is -1.31. The van der Waals surface area contributed by atoms with Crippen molar-refractivity contribution in [3.63, 3.8) is 0 Å². The highest BCUT2D eigenvalue weighted by Crippen LogP contribution is 2.33. The molecular weight excluding hydrogens is 423 g/mol. The molecule has 168 valence electrons. The molecule has 2 aromatic heterocycles. The van der Waals surface area contributed by atoms with E-state index in [9.17, 15) is 14.7 Å². The van der Waals surface area contributed by atoms with E-state index < -0.39 is 17.2 Å². The van der Waals surface area contributed by atoms with Gasteiger partial charge in [-0.3, -0.25) is 9.78 Å². The van der Waals surface area contributed by atoms with E-state index in [-0.39, 0.29) is 22.5 Å². The average molecular weight is 446 g/mol. The van der Waals surface area contributed by atoms with Crippen LogP contribution in [0.15, 0.2) is 59.7 Å². The van der Waals surface area contributed by atoms with Crippen LogP contribution in [0.4, 0.5) is 15.8 Å². The lowest BCUT2D eigenvalue weighted by Crippen LogP contribution is -2.35. The number of halogens is 1. The predicted molar refractivity (Wildman–Crippen MR) is 127 cm³/mol. The highest BCUT2D eigenvalue weighted by atomic mass is 19.1. The Hall–Kier alpha value is -3.94. The van der Waals surface area contributed by atoms with E-state index in [1.165, 1.54) is 17.0 Å². The van der Waals surface area contributed by atoms with E-state index in [1.807, 2.05) is 35.2 Å². The van der Waals surface area contributed by atoms with Crippen LogP contribution in [0.1, 0.15) is 23.2 Å². The van der Waals surface area contributed by atoms with Gasteiger partial charge in [-0.1, -0.05) is 18.2 Å². The molecule has 4 aromatic rings. The fourth-order valence-electron chi connectivity index (χ4n) is 4.70. The maximum Gasteiger partial charge on any atom is 0.341 e. The smallest absolute Gasteiger partial charge is 0.341 e. The van der Waals surface area contributed by atoms with Crippen LogP contribution in [-0.4, -0.2) is 39.8 Å². The van der Waals surface area contributed by atoms with Gasteiger partial charge in [0, 0.05) is 43.4 Å². The van der Waals surface area contributed by atoms with E-state index in [4.69, 9.17) is 0 Å².